The van der Waals surface area contributed by atoms with Crippen molar-refractivity contribution in [2.75, 3.05) is 39.6 Å². The number of carbonyl (C=O) groups is 4. The third-order valence-corrected chi connectivity index (χ3v) is 18.4. The van der Waals surface area contributed by atoms with Crippen LogP contribution in [0.5, 0.6) is 0 Å². The molecule has 0 aliphatic rings. The van der Waals surface area contributed by atoms with Crippen molar-refractivity contribution in [1.29, 1.82) is 0 Å². The summed E-state index contributed by atoms with van der Waals surface area (Å²) in [6.45, 7) is 14.0. The molecule has 19 heteroatoms. The van der Waals surface area contributed by atoms with Crippen LogP contribution in [0.3, 0.4) is 0 Å². The van der Waals surface area contributed by atoms with Gasteiger partial charge in [0.05, 0.1) is 26.4 Å². The Hall–Kier alpha value is -1.94. The monoisotopic (exact) mass is 1300 g/mol. The van der Waals surface area contributed by atoms with Crippen LogP contribution in [-0.2, 0) is 65.4 Å². The molecule has 0 rings (SSSR count). The maximum Gasteiger partial charge on any atom is 0.472 e. The van der Waals surface area contributed by atoms with Gasteiger partial charge in [-0.1, -0.05) is 287 Å². The van der Waals surface area contributed by atoms with E-state index in [9.17, 15) is 43.2 Å². The number of unbranched alkanes of at least 4 members (excludes halogenated alkanes) is 30. The van der Waals surface area contributed by atoms with Gasteiger partial charge in [-0.15, -0.1) is 0 Å². The lowest BCUT2D eigenvalue weighted by Gasteiger charge is -2.21. The molecule has 4 unspecified atom stereocenters. The number of phosphoric ester groups is 2. The highest BCUT2D eigenvalue weighted by atomic mass is 31.2. The van der Waals surface area contributed by atoms with E-state index in [-0.39, 0.29) is 25.7 Å². The van der Waals surface area contributed by atoms with Crippen molar-refractivity contribution in [3.8, 4) is 0 Å². The fourth-order valence-electron chi connectivity index (χ4n) is 10.2. The van der Waals surface area contributed by atoms with Crippen LogP contribution < -0.4 is 0 Å². The van der Waals surface area contributed by atoms with E-state index in [0.29, 0.717) is 31.6 Å². The number of ether oxygens (including phenoxy) is 4. The molecule has 0 aliphatic heterocycles. The Morgan fingerprint density at radius 2 is 0.545 bits per heavy atom. The van der Waals surface area contributed by atoms with Crippen LogP contribution in [0.2, 0.25) is 0 Å². The van der Waals surface area contributed by atoms with Gasteiger partial charge in [-0.05, 0) is 49.4 Å². The lowest BCUT2D eigenvalue weighted by atomic mass is 9.99. The summed E-state index contributed by atoms with van der Waals surface area (Å²) in [6.07, 6.45) is 40.5. The van der Waals surface area contributed by atoms with E-state index < -0.39 is 97.5 Å². The molecule has 0 amide bonds. The Balaban J connectivity index is 5.22. The zero-order chi connectivity index (χ0) is 65.4. The number of hydrogen-bond acceptors (Lipinski definition) is 15. The first-order valence-electron chi connectivity index (χ1n) is 35.8. The molecule has 17 nitrogen and oxygen atoms in total. The molecule has 7 atom stereocenters. The van der Waals surface area contributed by atoms with Gasteiger partial charge in [0.1, 0.15) is 19.3 Å². The van der Waals surface area contributed by atoms with Crippen LogP contribution in [0.1, 0.15) is 338 Å². The van der Waals surface area contributed by atoms with E-state index in [1.807, 2.05) is 0 Å². The van der Waals surface area contributed by atoms with Crippen molar-refractivity contribution < 1.29 is 80.2 Å². The maximum atomic E-state index is 13.0. The van der Waals surface area contributed by atoms with Crippen LogP contribution in [0.25, 0.3) is 0 Å². The first-order valence-corrected chi connectivity index (χ1v) is 38.8. The van der Waals surface area contributed by atoms with Crippen molar-refractivity contribution in [1.82, 2.24) is 0 Å². The van der Waals surface area contributed by atoms with Gasteiger partial charge in [-0.3, -0.25) is 37.3 Å². The van der Waals surface area contributed by atoms with Gasteiger partial charge in [0, 0.05) is 25.7 Å². The predicted molar refractivity (Wildman–Crippen MR) is 354 cm³/mol. The maximum absolute atomic E-state index is 13.0. The Labute approximate surface area is 537 Å². The molecule has 522 valence electrons. The quantitative estimate of drug-likeness (QED) is 0.0222. The topological polar surface area (TPSA) is 237 Å². The van der Waals surface area contributed by atoms with Crippen molar-refractivity contribution in [3.05, 3.63) is 0 Å². The second kappa shape index (κ2) is 58.8. The van der Waals surface area contributed by atoms with Crippen molar-refractivity contribution in [3.63, 3.8) is 0 Å². The summed E-state index contributed by atoms with van der Waals surface area (Å²) in [4.78, 5) is 72.4. The highest BCUT2D eigenvalue weighted by Crippen LogP contribution is 2.45. The third-order valence-electron chi connectivity index (χ3n) is 16.5. The van der Waals surface area contributed by atoms with Gasteiger partial charge in [0.2, 0.25) is 0 Å². The van der Waals surface area contributed by atoms with E-state index in [2.05, 4.69) is 55.4 Å². The Kier molecular flexibility index (Phi) is 57.6. The average molecular weight is 1300 g/mol. The summed E-state index contributed by atoms with van der Waals surface area (Å²) >= 11 is 0. The molecule has 0 aromatic heterocycles. The summed E-state index contributed by atoms with van der Waals surface area (Å²) in [5, 5.41) is 10.6. The molecule has 0 aliphatic carbocycles. The Morgan fingerprint density at radius 1 is 0.318 bits per heavy atom. The van der Waals surface area contributed by atoms with Crippen LogP contribution >= 0.6 is 15.6 Å². The molecule has 0 saturated carbocycles. The molecule has 0 radical (unpaired) electrons. The summed E-state index contributed by atoms with van der Waals surface area (Å²) in [5.41, 5.74) is 0. The van der Waals surface area contributed by atoms with Crippen LogP contribution in [-0.4, -0.2) is 96.7 Å². The average Bonchev–Trinajstić information content (AvgIpc) is 3.71. The summed E-state index contributed by atoms with van der Waals surface area (Å²) in [7, 11) is -9.90. The number of aliphatic hydroxyl groups is 1. The Bertz CT molecular complexity index is 1750. The van der Waals surface area contributed by atoms with Gasteiger partial charge >= 0.3 is 39.5 Å². The molecule has 0 aromatic carbocycles. The van der Waals surface area contributed by atoms with Crippen LogP contribution in [0.15, 0.2) is 0 Å². The summed E-state index contributed by atoms with van der Waals surface area (Å²) < 4.78 is 68.2. The van der Waals surface area contributed by atoms with Crippen molar-refractivity contribution >= 4 is 39.5 Å². The lowest BCUT2D eigenvalue weighted by Crippen LogP contribution is -2.30. The SMILES string of the molecule is CCC(C)CCCCCCCCCCCCCCCCC(=O)O[C@H](COC(=O)CCCCCCCCCCC(C)C)COP(=O)(O)OC[C@@H](O)COP(=O)(O)OC[C@@H](COC(=O)CCCCCCCCC(C)C)OC(=O)CCCCCCCCC(C)CC. The van der Waals surface area contributed by atoms with Crippen molar-refractivity contribution in [2.24, 2.45) is 23.7 Å². The molecule has 0 heterocycles. The second-order valence-electron chi connectivity index (χ2n) is 26.4. The Morgan fingerprint density at radius 3 is 0.807 bits per heavy atom. The first-order chi connectivity index (χ1) is 42.2. The molecular weight excluding hydrogens is 1160 g/mol. The minimum atomic E-state index is -4.95. The lowest BCUT2D eigenvalue weighted by molar-refractivity contribution is -0.161. The molecule has 0 saturated heterocycles. The summed E-state index contributed by atoms with van der Waals surface area (Å²) in [5.74, 6) is 0.836. The van der Waals surface area contributed by atoms with Crippen LogP contribution in [0.4, 0.5) is 0 Å². The fourth-order valence-corrected chi connectivity index (χ4v) is 11.8. The number of carbonyl (C=O) groups excluding carboxylic acids is 4. The summed E-state index contributed by atoms with van der Waals surface area (Å²) in [6, 6.07) is 0. The van der Waals surface area contributed by atoms with Gasteiger partial charge in [-0.2, -0.15) is 0 Å². The van der Waals surface area contributed by atoms with Gasteiger partial charge in [-0.25, -0.2) is 9.13 Å². The zero-order valence-corrected chi connectivity index (χ0v) is 59.1. The normalized spacial score (nSPS) is 14.9. The largest absolute Gasteiger partial charge is 0.472 e. The zero-order valence-electron chi connectivity index (χ0n) is 57.3. The highest BCUT2D eigenvalue weighted by Gasteiger charge is 2.30. The van der Waals surface area contributed by atoms with E-state index in [1.165, 1.54) is 135 Å². The van der Waals surface area contributed by atoms with E-state index >= 15 is 0 Å². The van der Waals surface area contributed by atoms with Gasteiger partial charge in [0.15, 0.2) is 12.2 Å². The predicted octanol–water partition coefficient (Wildman–Crippen LogP) is 19.3. The number of hydrogen-bond donors (Lipinski definition) is 3. The minimum Gasteiger partial charge on any atom is -0.462 e. The fraction of sp³-hybridized carbons (Fsp3) is 0.942. The minimum absolute atomic E-state index is 0.101. The molecule has 3 N–H and O–H groups in total. The van der Waals surface area contributed by atoms with E-state index in [1.54, 1.807) is 0 Å². The molecule has 0 spiro atoms. The number of aliphatic hydroxyl groups excluding tert-OH is 1. The number of esters is 4. The molecule has 0 bridgehead atoms. The number of rotatable bonds is 66. The standard InChI is InChI=1S/C69H134O17P2/c1-9-61(7)47-39-31-22-17-15-13-11-12-14-16-18-24-35-43-51-68(73)85-64(55-79-66(71)49-41-33-23-20-19-21-29-37-45-59(3)4)57-83-87(75,76)81-53-63(70)54-82-88(77,78)84-58-65(56-80-67(72)50-42-34-27-25-30-38-46-60(5)6)86-69(74)52-44-36-28-26-32-40-48-62(8)10-2/h59-65,70H,9-58H2,1-8H3,(H,75,76)(H,77,78)/t61?,62?,63-,64-,65-/m1/s1. The third kappa shape index (κ3) is 60.3. The van der Waals surface area contributed by atoms with Crippen LogP contribution in [0, 0.1) is 23.7 Å². The van der Waals surface area contributed by atoms with Gasteiger partial charge < -0.3 is 33.8 Å². The molecular formula is C69H134O17P2. The van der Waals surface area contributed by atoms with E-state index in [0.717, 1.165) is 114 Å². The smallest absolute Gasteiger partial charge is 0.462 e. The second-order valence-corrected chi connectivity index (χ2v) is 29.3. The first kappa shape index (κ1) is 86.1. The van der Waals surface area contributed by atoms with E-state index in [4.69, 9.17) is 37.0 Å². The number of phosphoric acid groups is 2. The van der Waals surface area contributed by atoms with Crippen molar-refractivity contribution in [2.45, 2.75) is 356 Å². The molecule has 0 aromatic rings. The molecule has 0 fully saturated rings. The molecule has 88 heavy (non-hydrogen) atoms. The highest BCUT2D eigenvalue weighted by molar-refractivity contribution is 7.47. The van der Waals surface area contributed by atoms with Gasteiger partial charge in [0.25, 0.3) is 0 Å².